The Hall–Kier alpha value is -9.66. The summed E-state index contributed by atoms with van der Waals surface area (Å²) in [6, 6.07) is 11.1. The van der Waals surface area contributed by atoms with Gasteiger partial charge in [0.25, 0.3) is 53.7 Å². The molecule has 0 aliphatic carbocycles. The molecule has 2 aromatic carbocycles. The minimum atomic E-state index is -5.08. The average Bonchev–Trinajstić information content (AvgIpc) is 0.841. The number of nitrogens with zero attached hydrogens (tertiary/aromatic N) is 8. The Bertz CT molecular complexity index is 4380. The number of aliphatic imine (C=N–C) groups is 1. The van der Waals surface area contributed by atoms with Crippen molar-refractivity contribution in [2.75, 3.05) is 98.4 Å². The molecule has 0 unspecified atom stereocenters. The van der Waals surface area contributed by atoms with Crippen LogP contribution in [-0.4, -0.2) is 241 Å². The Morgan fingerprint density at radius 3 is 1.22 bits per heavy atom. The molecular formula is C76H101F5N10O20S4. The lowest BCUT2D eigenvalue weighted by atomic mass is 9.96. The molecule has 11 rings (SSSR count). The number of carbonyl (C=O) groups excluding carboxylic acids is 9. The van der Waals surface area contributed by atoms with Crippen LogP contribution in [0.4, 0.5) is 32.4 Å². The van der Waals surface area contributed by atoms with Crippen molar-refractivity contribution in [1.82, 2.24) is 42.6 Å². The molecule has 4 fully saturated rings. The molecule has 0 atom stereocenters. The number of nitrogens with one attached hydrogen (secondary N) is 2. The Kier molecular flexibility index (Phi) is 40.8. The van der Waals surface area contributed by atoms with Crippen molar-refractivity contribution in [1.29, 1.82) is 0 Å². The smallest absolute Gasteiger partial charge is 0.475 e. The molecule has 3 N–H and O–H groups in total. The van der Waals surface area contributed by atoms with Crippen LogP contribution < -0.4 is 10.6 Å². The van der Waals surface area contributed by atoms with Gasteiger partial charge in [-0.25, -0.2) is 74.1 Å². The zero-order valence-corrected chi connectivity index (χ0v) is 67.9. The first-order valence-electron chi connectivity index (χ1n) is 36.9. The zero-order valence-electron chi connectivity index (χ0n) is 64.6. The van der Waals surface area contributed by atoms with E-state index >= 15 is 0 Å². The third-order valence-electron chi connectivity index (χ3n) is 17.7. The van der Waals surface area contributed by atoms with Gasteiger partial charge in [-0.05, 0) is 203 Å². The molecule has 4 saturated heterocycles. The van der Waals surface area contributed by atoms with Gasteiger partial charge in [0.15, 0.2) is 0 Å². The lowest BCUT2D eigenvalue weighted by Gasteiger charge is -2.32. The van der Waals surface area contributed by atoms with Crippen molar-refractivity contribution >= 4 is 106 Å². The van der Waals surface area contributed by atoms with Crippen LogP contribution in [0.5, 0.6) is 0 Å². The molecule has 0 radical (unpaired) electrons. The highest BCUT2D eigenvalue weighted by molar-refractivity contribution is 7.93. The maximum atomic E-state index is 12.9. The maximum Gasteiger partial charge on any atom is 0.490 e. The van der Waals surface area contributed by atoms with E-state index in [4.69, 9.17) is 14.6 Å². The summed E-state index contributed by atoms with van der Waals surface area (Å²) >= 11 is 0. The Morgan fingerprint density at radius 1 is 0.530 bits per heavy atom. The molecule has 0 bridgehead atoms. The van der Waals surface area contributed by atoms with E-state index in [2.05, 4.69) is 27.6 Å². The number of alkyl halides is 3. The van der Waals surface area contributed by atoms with Crippen molar-refractivity contribution in [2.24, 2.45) is 28.7 Å². The van der Waals surface area contributed by atoms with Gasteiger partial charge in [-0.15, -0.1) is 0 Å². The van der Waals surface area contributed by atoms with Gasteiger partial charge >= 0.3 is 18.2 Å². The third kappa shape index (κ3) is 37.7. The predicted molar refractivity (Wildman–Crippen MR) is 417 cm³/mol. The quantitative estimate of drug-likeness (QED) is 0.0700. The topological polar surface area (TPSA) is 396 Å². The van der Waals surface area contributed by atoms with Crippen LogP contribution >= 0.6 is 0 Å². The van der Waals surface area contributed by atoms with Gasteiger partial charge in [-0.1, -0.05) is 60.7 Å². The molecule has 9 aliphatic rings. The van der Waals surface area contributed by atoms with Crippen LogP contribution in [0.15, 0.2) is 149 Å². The second-order valence-corrected chi connectivity index (χ2v) is 35.1. The Labute approximate surface area is 668 Å². The van der Waals surface area contributed by atoms with Crippen LogP contribution in [0.2, 0.25) is 0 Å². The minimum absolute atomic E-state index is 0.0210. The van der Waals surface area contributed by atoms with Gasteiger partial charge in [0.1, 0.15) is 23.5 Å². The molecule has 7 amide bonds. The van der Waals surface area contributed by atoms with E-state index in [0.717, 1.165) is 111 Å². The number of aldehydes is 1. The minimum Gasteiger partial charge on any atom is -0.475 e. The summed E-state index contributed by atoms with van der Waals surface area (Å²) in [6.45, 7) is 13.3. The lowest BCUT2D eigenvalue weighted by Crippen LogP contribution is -2.41. The SMILES string of the molecule is CC(C)(C)OC(=O)N1CCC(/C=C/S(=O)(=O)N2CCC=CC2=O)CC1.CN1CCC(C=O)CC1.CS(=O)(=O)N1CCC=CC1=O.O=C(Cc1ccc(F)cc1)N1CCC(/C=C/S(=O)(=O)N2CCC=CC2=O)CC1.O=C(O)C(F)(F)F.O=C1C=CCCN1.O=C1C=CCCN1S(=O)(=O)/C=C/C1CCNCC1.O=C=Nc1ccc(F)cc1. The summed E-state index contributed by atoms with van der Waals surface area (Å²) in [4.78, 5) is 118. The standard InChI is InChI=1S/C20H23FN2O4S.C17H26N2O5S.C12H18N2O3S.C7H4FNO.C7H13NO.C6H9NO3S.C5H7NO.C2HF3O2/c21-18-6-4-17(5-7-18)15-20(25)22-12-8-16(9-13-22)10-14-28(26,27)23-11-2-1-3-19(23)24;1-17(2,3)24-16(21)18-11-7-14(8-12-18)9-13-25(22,23)19-10-5-4-6-15(19)20;15-12-3-1-2-9-14(12)18(16,17)10-6-11-4-7-13-8-5-11;8-6-1-3-7(4-2-6)9-5-10;1-8-4-2-7(6-9)3-5-8;1-11(9,10)7-5-3-2-4-6(7)8;7-5-3-1-2-4-6-5;3-2(4,5)1(6)7/h1,3-7,10,14,16H,2,8-9,11-13,15H2;4,6,9,13-14H,5,7-8,10-12H2,1-3H3;1,3,6,10-11,13H,2,4-5,7-9H2;1-4H;6-7H,2-5H2,1H3;2,4H,3,5H2,1H3;1,3H,2,4H2,(H,6,7);(H,6,7)/b14-10+;13-9+;10-6+;;;;;. The molecule has 0 saturated carbocycles. The highest BCUT2D eigenvalue weighted by atomic mass is 32.2. The van der Waals surface area contributed by atoms with Crippen molar-refractivity contribution in [3.05, 3.63) is 161 Å². The second-order valence-electron chi connectivity index (χ2n) is 27.9. The fraction of sp³-hybridized carbons (Fsp3) is 0.500. The first-order chi connectivity index (χ1) is 54.0. The number of hydrogen-bond acceptors (Lipinski definition) is 22. The van der Waals surface area contributed by atoms with Crippen molar-refractivity contribution in [2.45, 2.75) is 122 Å². The van der Waals surface area contributed by atoms with Crippen LogP contribution in [0.1, 0.15) is 110 Å². The van der Waals surface area contributed by atoms with Gasteiger partial charge < -0.3 is 40.0 Å². The van der Waals surface area contributed by atoms with Crippen LogP contribution in [-0.2, 0) is 94.4 Å². The van der Waals surface area contributed by atoms with Gasteiger partial charge in [0.05, 0.1) is 18.4 Å². The number of carboxylic acid groups (broad SMARTS) is 1. The van der Waals surface area contributed by atoms with Crippen molar-refractivity contribution in [3.63, 3.8) is 0 Å². The number of allylic oxidation sites excluding steroid dienone is 3. The van der Waals surface area contributed by atoms with E-state index in [1.807, 2.05) is 26.8 Å². The van der Waals surface area contributed by atoms with Gasteiger partial charge in [0, 0.05) is 105 Å². The summed E-state index contributed by atoms with van der Waals surface area (Å²) in [6.07, 6.45) is 28.5. The average molecular weight is 1700 g/mol. The monoisotopic (exact) mass is 1700 g/mol. The maximum absolute atomic E-state index is 12.9. The van der Waals surface area contributed by atoms with Crippen molar-refractivity contribution in [3.8, 4) is 0 Å². The van der Waals surface area contributed by atoms with E-state index in [0.29, 0.717) is 89.2 Å². The fourth-order valence-corrected chi connectivity index (χ4v) is 15.9. The van der Waals surface area contributed by atoms with E-state index in [1.165, 1.54) is 72.2 Å². The van der Waals surface area contributed by atoms with Crippen LogP contribution in [0, 0.1) is 35.3 Å². The number of sulfonamides is 4. The first kappa shape index (κ1) is 97.7. The summed E-state index contributed by atoms with van der Waals surface area (Å²) in [5.41, 5.74) is 0.647. The molecule has 30 nitrogen and oxygen atoms in total. The highest BCUT2D eigenvalue weighted by Gasteiger charge is 2.38. The number of aliphatic carboxylic acids is 1. The number of carboxylic acids is 1. The van der Waals surface area contributed by atoms with Gasteiger partial charge in [0.2, 0.25) is 27.9 Å². The van der Waals surface area contributed by atoms with E-state index < -0.39 is 81.5 Å². The first-order valence-corrected chi connectivity index (χ1v) is 43.2. The third-order valence-corrected chi connectivity index (χ3v) is 23.3. The Morgan fingerprint density at radius 2 is 0.896 bits per heavy atom. The summed E-state index contributed by atoms with van der Waals surface area (Å²) < 4.78 is 161. The van der Waals surface area contributed by atoms with Crippen LogP contribution in [0.25, 0.3) is 0 Å². The highest BCUT2D eigenvalue weighted by Crippen LogP contribution is 2.25. The lowest BCUT2D eigenvalue weighted by molar-refractivity contribution is -0.192. The number of amides is 7. The number of carbonyl (C=O) groups is 9. The van der Waals surface area contributed by atoms with Gasteiger partial charge in [-0.3, -0.25) is 28.8 Å². The number of rotatable bonds is 14. The molecule has 9 heterocycles. The molecule has 39 heteroatoms. The Balaban J connectivity index is 0.000000292. The largest absolute Gasteiger partial charge is 0.490 e. The number of likely N-dealkylation sites (tertiary alicyclic amines) is 3. The normalized spacial score (nSPS) is 18.9. The van der Waals surface area contributed by atoms with Crippen LogP contribution in [0.3, 0.4) is 0 Å². The van der Waals surface area contributed by atoms with E-state index in [9.17, 15) is 98.8 Å². The second kappa shape index (κ2) is 48.0. The molecule has 2 aromatic rings. The molecule has 0 aromatic heterocycles. The van der Waals surface area contributed by atoms with E-state index in [-0.39, 0.29) is 79.9 Å². The summed E-state index contributed by atoms with van der Waals surface area (Å²) in [5, 5.41) is 16.4. The summed E-state index contributed by atoms with van der Waals surface area (Å²) in [7, 11) is -12.3. The molecule has 0 spiro atoms. The molecule has 115 heavy (non-hydrogen) atoms. The number of ether oxygens (including phenoxy) is 1. The number of halogens is 5. The number of piperidine rings is 4. The molecule has 9 aliphatic heterocycles. The van der Waals surface area contributed by atoms with Crippen molar-refractivity contribution < 1.29 is 113 Å². The number of benzene rings is 2. The van der Waals surface area contributed by atoms with E-state index in [1.54, 1.807) is 70.5 Å². The van der Waals surface area contributed by atoms with Gasteiger partial charge in [-0.2, -0.15) is 18.2 Å². The number of isocyanates is 1. The summed E-state index contributed by atoms with van der Waals surface area (Å²) in [5.74, 6) is -4.60. The fourth-order valence-electron chi connectivity index (χ4n) is 11.3. The number of hydrogen-bond donors (Lipinski definition) is 3. The molecule has 634 valence electrons. The predicted octanol–water partition coefficient (Wildman–Crippen LogP) is 7.87. The zero-order chi connectivity index (χ0) is 85.6. The molecular weight excluding hydrogens is 1600 g/mol.